The fourth-order valence-corrected chi connectivity index (χ4v) is 3.61. The lowest BCUT2D eigenvalue weighted by atomic mass is 10.1. The van der Waals surface area contributed by atoms with E-state index in [4.69, 9.17) is 4.42 Å². The molecule has 2 N–H and O–H groups in total. The van der Waals surface area contributed by atoms with Gasteiger partial charge in [-0.3, -0.25) is 9.79 Å². The van der Waals surface area contributed by atoms with Gasteiger partial charge in [0.05, 0.1) is 12.2 Å². The molecule has 1 fully saturated rings. The number of rotatable bonds is 7. The summed E-state index contributed by atoms with van der Waals surface area (Å²) < 4.78 is 5.58. The molecule has 0 atom stereocenters. The predicted molar refractivity (Wildman–Crippen MR) is 120 cm³/mol. The van der Waals surface area contributed by atoms with Crippen LogP contribution in [0.25, 0.3) is 11.5 Å². The molecule has 0 bridgehead atoms. The van der Waals surface area contributed by atoms with Crippen molar-refractivity contribution in [1.82, 2.24) is 20.5 Å². The van der Waals surface area contributed by atoms with Crippen LogP contribution in [0.2, 0.25) is 0 Å². The molecular formula is C24H27N5O2. The molecule has 1 aliphatic rings. The fraction of sp³-hybridized carbons (Fsp3) is 0.292. The summed E-state index contributed by atoms with van der Waals surface area (Å²) in [6, 6.07) is 18.1. The van der Waals surface area contributed by atoms with Gasteiger partial charge in [0.25, 0.3) is 0 Å². The average molecular weight is 418 g/mol. The van der Waals surface area contributed by atoms with E-state index in [0.717, 1.165) is 35.3 Å². The number of benzene rings is 2. The second-order valence-corrected chi connectivity index (χ2v) is 7.53. The molecule has 4 rings (SSSR count). The number of aromatic nitrogens is 1. The first-order valence-electron chi connectivity index (χ1n) is 10.5. The van der Waals surface area contributed by atoms with Gasteiger partial charge >= 0.3 is 0 Å². The van der Waals surface area contributed by atoms with Crippen LogP contribution in [0.15, 0.2) is 70.3 Å². The third-order valence-corrected chi connectivity index (χ3v) is 5.23. The van der Waals surface area contributed by atoms with Crippen LogP contribution in [0.3, 0.4) is 0 Å². The number of amides is 1. The van der Waals surface area contributed by atoms with Crippen molar-refractivity contribution in [3.63, 3.8) is 0 Å². The van der Waals surface area contributed by atoms with E-state index in [9.17, 15) is 4.79 Å². The molecule has 2 heterocycles. The zero-order valence-electron chi connectivity index (χ0n) is 17.7. The number of nitrogens with zero attached hydrogens (tertiary/aromatic N) is 3. The number of carbonyl (C=O) groups is 1. The summed E-state index contributed by atoms with van der Waals surface area (Å²) in [6.07, 6.45) is 3.29. The maximum absolute atomic E-state index is 11.9. The Morgan fingerprint density at radius 2 is 1.90 bits per heavy atom. The Morgan fingerprint density at radius 1 is 1.10 bits per heavy atom. The maximum Gasteiger partial charge on any atom is 0.226 e. The maximum atomic E-state index is 11.9. The van der Waals surface area contributed by atoms with Gasteiger partial charge in [0.15, 0.2) is 5.96 Å². The van der Waals surface area contributed by atoms with Gasteiger partial charge in [-0.1, -0.05) is 42.5 Å². The van der Waals surface area contributed by atoms with E-state index in [2.05, 4.69) is 38.8 Å². The van der Waals surface area contributed by atoms with Crippen LogP contribution in [0.5, 0.6) is 0 Å². The van der Waals surface area contributed by atoms with Gasteiger partial charge in [0.2, 0.25) is 11.8 Å². The molecule has 31 heavy (non-hydrogen) atoms. The van der Waals surface area contributed by atoms with Crippen molar-refractivity contribution in [2.75, 3.05) is 13.6 Å². The van der Waals surface area contributed by atoms with Gasteiger partial charge < -0.3 is 20.0 Å². The van der Waals surface area contributed by atoms with Gasteiger partial charge in [-0.05, 0) is 29.7 Å². The molecular weight excluding hydrogens is 390 g/mol. The third kappa shape index (κ3) is 5.51. The van der Waals surface area contributed by atoms with Gasteiger partial charge in [0, 0.05) is 38.7 Å². The third-order valence-electron chi connectivity index (χ3n) is 5.23. The van der Waals surface area contributed by atoms with Crippen molar-refractivity contribution < 1.29 is 9.21 Å². The van der Waals surface area contributed by atoms with Gasteiger partial charge in [0.1, 0.15) is 6.26 Å². The Hall–Kier alpha value is -3.61. The number of carbonyl (C=O) groups excluding carboxylic acids is 1. The van der Waals surface area contributed by atoms with Crippen molar-refractivity contribution in [3.05, 3.63) is 77.7 Å². The van der Waals surface area contributed by atoms with Crippen LogP contribution in [-0.4, -0.2) is 35.3 Å². The van der Waals surface area contributed by atoms with Crippen LogP contribution in [0.1, 0.15) is 29.7 Å². The van der Waals surface area contributed by atoms with Crippen molar-refractivity contribution in [1.29, 1.82) is 0 Å². The summed E-state index contributed by atoms with van der Waals surface area (Å²) in [6.45, 7) is 2.67. The molecule has 0 spiro atoms. The minimum Gasteiger partial charge on any atom is -0.444 e. The SMILES string of the molecule is CN=C(NCc1cccc(CN2CCCC2=O)c1)NCc1coc(-c2ccccc2)n1. The number of guanidine groups is 1. The molecule has 1 saturated heterocycles. The number of oxazole rings is 1. The number of nitrogens with one attached hydrogen (secondary N) is 2. The molecule has 0 aliphatic carbocycles. The standard InChI is InChI=1S/C24H27N5O2/c1-25-24(27-15-21-17-31-23(28-21)20-9-3-2-4-10-20)26-14-18-7-5-8-19(13-18)16-29-12-6-11-22(29)30/h2-5,7-10,13,17H,6,11-12,14-16H2,1H3,(H2,25,26,27). The van der Waals surface area contributed by atoms with E-state index in [-0.39, 0.29) is 5.91 Å². The Balaban J connectivity index is 1.29. The van der Waals surface area contributed by atoms with Gasteiger partial charge in [-0.2, -0.15) is 0 Å². The average Bonchev–Trinajstić information content (AvgIpc) is 3.44. The molecule has 2 aromatic carbocycles. The second-order valence-electron chi connectivity index (χ2n) is 7.53. The Morgan fingerprint density at radius 3 is 2.68 bits per heavy atom. The van der Waals surface area contributed by atoms with Crippen molar-refractivity contribution in [2.45, 2.75) is 32.5 Å². The lowest BCUT2D eigenvalue weighted by Gasteiger charge is -2.16. The summed E-state index contributed by atoms with van der Waals surface area (Å²) in [7, 11) is 1.74. The predicted octanol–water partition coefficient (Wildman–Crippen LogP) is 3.33. The number of likely N-dealkylation sites (tertiary alicyclic amines) is 1. The number of aliphatic imine (C=N–C) groups is 1. The lowest BCUT2D eigenvalue weighted by molar-refractivity contribution is -0.128. The minimum atomic E-state index is 0.247. The summed E-state index contributed by atoms with van der Waals surface area (Å²) in [5.74, 6) is 1.54. The summed E-state index contributed by atoms with van der Waals surface area (Å²) >= 11 is 0. The normalized spacial score (nSPS) is 14.2. The van der Waals surface area contributed by atoms with E-state index in [1.807, 2.05) is 41.3 Å². The van der Waals surface area contributed by atoms with Gasteiger partial charge in [-0.25, -0.2) is 4.98 Å². The molecule has 7 nitrogen and oxygen atoms in total. The van der Waals surface area contributed by atoms with Gasteiger partial charge in [-0.15, -0.1) is 0 Å². The summed E-state index contributed by atoms with van der Waals surface area (Å²) in [5, 5.41) is 6.59. The van der Waals surface area contributed by atoms with Crippen LogP contribution in [-0.2, 0) is 24.4 Å². The van der Waals surface area contributed by atoms with Crippen LogP contribution in [0, 0.1) is 0 Å². The Kier molecular flexibility index (Phi) is 6.62. The first-order valence-corrected chi connectivity index (χ1v) is 10.5. The largest absolute Gasteiger partial charge is 0.444 e. The molecule has 160 valence electrons. The first-order chi connectivity index (χ1) is 15.2. The van der Waals surface area contributed by atoms with E-state index in [0.29, 0.717) is 37.9 Å². The molecule has 1 aromatic heterocycles. The topological polar surface area (TPSA) is 82.8 Å². The molecule has 0 unspecified atom stereocenters. The van der Waals surface area contributed by atoms with Crippen LogP contribution < -0.4 is 10.6 Å². The monoisotopic (exact) mass is 417 g/mol. The molecule has 7 heteroatoms. The van der Waals surface area contributed by atoms with E-state index in [1.54, 1.807) is 13.3 Å². The highest BCUT2D eigenvalue weighted by Crippen LogP contribution is 2.18. The van der Waals surface area contributed by atoms with Crippen LogP contribution >= 0.6 is 0 Å². The first kappa shape index (κ1) is 20.7. The molecule has 1 amide bonds. The Labute approximate surface area is 182 Å². The zero-order chi connectivity index (χ0) is 21.5. The lowest BCUT2D eigenvalue weighted by Crippen LogP contribution is -2.36. The van der Waals surface area contributed by atoms with E-state index >= 15 is 0 Å². The molecule has 1 aliphatic heterocycles. The highest BCUT2D eigenvalue weighted by molar-refractivity contribution is 5.79. The minimum absolute atomic E-state index is 0.247. The van der Waals surface area contributed by atoms with Crippen molar-refractivity contribution in [2.24, 2.45) is 4.99 Å². The number of hydrogen-bond acceptors (Lipinski definition) is 4. The fourth-order valence-electron chi connectivity index (χ4n) is 3.61. The van der Waals surface area contributed by atoms with Crippen molar-refractivity contribution in [3.8, 4) is 11.5 Å². The van der Waals surface area contributed by atoms with Crippen LogP contribution in [0.4, 0.5) is 0 Å². The zero-order valence-corrected chi connectivity index (χ0v) is 17.7. The second kappa shape index (κ2) is 9.93. The molecule has 0 radical (unpaired) electrons. The summed E-state index contributed by atoms with van der Waals surface area (Å²) in [4.78, 5) is 22.6. The summed E-state index contributed by atoms with van der Waals surface area (Å²) in [5.41, 5.74) is 4.04. The molecule has 3 aromatic rings. The highest BCUT2D eigenvalue weighted by atomic mass is 16.3. The molecule has 0 saturated carbocycles. The Bertz CT molecular complexity index is 1040. The number of hydrogen-bond donors (Lipinski definition) is 2. The highest BCUT2D eigenvalue weighted by Gasteiger charge is 2.19. The van der Waals surface area contributed by atoms with E-state index < -0.39 is 0 Å². The quantitative estimate of drug-likeness (QED) is 0.455. The van der Waals surface area contributed by atoms with E-state index in [1.165, 1.54) is 0 Å². The van der Waals surface area contributed by atoms with Crippen molar-refractivity contribution >= 4 is 11.9 Å². The smallest absolute Gasteiger partial charge is 0.226 e.